The van der Waals surface area contributed by atoms with Crippen LogP contribution in [0.3, 0.4) is 0 Å². The van der Waals surface area contributed by atoms with E-state index >= 15 is 0 Å². The zero-order valence-electron chi connectivity index (χ0n) is 6.65. The molecule has 0 spiro atoms. The van der Waals surface area contributed by atoms with Gasteiger partial charge in [0.1, 0.15) is 5.59 Å². The Hall–Kier alpha value is -1.81. The first-order chi connectivity index (χ1) is 6.00. The third-order valence-electron chi connectivity index (χ3n) is 0. The molecule has 0 fully saturated rings. The molecule has 14 heavy (non-hydrogen) atoms. The van der Waals surface area contributed by atoms with Crippen LogP contribution in [-0.2, 0) is 36.5 Å². The standard InChI is InChI=1S/5CN.Fe.NO.Zn/c5*1-2;;1-2;/q5*-1;+3;;+2. The maximum Gasteiger partial charge on any atom is 3.00 e. The van der Waals surface area contributed by atoms with Gasteiger partial charge in [-0.3, -0.25) is 0 Å². The summed E-state index contributed by atoms with van der Waals surface area (Å²) in [4.78, 5) is 7.25. The SMILES string of the molecule is [C-]#N.[C-]#N.[C-]#N.[C-]#N.[C-]#N.[Fe+3].[N]=O.[Zn+2]. The molecule has 0 heterocycles. The smallest absolute Gasteiger partial charge is 0.512 e. The van der Waals surface area contributed by atoms with Gasteiger partial charge in [0.15, 0.2) is 0 Å². The monoisotopic (exact) mass is 280 g/mol. The second-order valence-electron chi connectivity index (χ2n) is 0. The topological polar surface area (TPSA) is 158 Å². The Morgan fingerprint density at radius 2 is 0.500 bits per heavy atom. The molecular formula is C5FeN6OZn. The Labute approximate surface area is 106 Å². The van der Waals surface area contributed by atoms with Gasteiger partial charge in [-0.2, -0.15) is 0 Å². The molecular weight excluding hydrogens is 281 g/mol. The third-order valence-corrected chi connectivity index (χ3v) is 0. The fourth-order valence-electron chi connectivity index (χ4n) is 0. The number of hydrogen-bond acceptors (Lipinski definition) is 6. The molecule has 0 aliphatic carbocycles. The summed E-state index contributed by atoms with van der Waals surface area (Å²) in [5.74, 6) is 0. The zero-order valence-corrected chi connectivity index (χ0v) is 10.7. The average molecular weight is 281 g/mol. The molecule has 66 valence electrons. The van der Waals surface area contributed by atoms with Gasteiger partial charge in [-0.25, -0.2) is 0 Å². The number of rotatable bonds is 0. The molecule has 2 radical (unpaired) electrons. The number of nitroso groups, excluding NO2 is 1. The zero-order chi connectivity index (χ0) is 12.0. The van der Waals surface area contributed by atoms with E-state index in [2.05, 4.69) is 0 Å². The van der Waals surface area contributed by atoms with Gasteiger partial charge in [0.05, 0.1) is 0 Å². The van der Waals surface area contributed by atoms with Crippen molar-refractivity contribution in [1.82, 2.24) is 5.59 Å². The van der Waals surface area contributed by atoms with Gasteiger partial charge in [0.2, 0.25) is 0 Å². The quantitative estimate of drug-likeness (QED) is 0.449. The number of nitrogens with zero attached hydrogens (tertiary/aromatic N) is 6. The molecule has 0 aliphatic heterocycles. The van der Waals surface area contributed by atoms with Crippen LogP contribution in [0.15, 0.2) is 0 Å². The van der Waals surface area contributed by atoms with Gasteiger partial charge in [0.25, 0.3) is 0 Å². The Morgan fingerprint density at radius 3 is 0.500 bits per heavy atom. The minimum Gasteiger partial charge on any atom is -0.512 e. The van der Waals surface area contributed by atoms with Crippen LogP contribution in [-0.4, -0.2) is 0 Å². The largest absolute Gasteiger partial charge is 3.00 e. The van der Waals surface area contributed by atoms with Gasteiger partial charge in [-0.05, 0) is 0 Å². The van der Waals surface area contributed by atoms with Gasteiger partial charge in [0, 0.05) is 0 Å². The first-order valence-electron chi connectivity index (χ1n) is 1.30. The van der Waals surface area contributed by atoms with E-state index in [-0.39, 0.29) is 36.5 Å². The third kappa shape index (κ3) is 264. The van der Waals surface area contributed by atoms with E-state index in [0.717, 1.165) is 0 Å². The minimum absolute atomic E-state index is 0. The molecule has 0 aliphatic rings. The van der Waals surface area contributed by atoms with Crippen LogP contribution in [0.2, 0.25) is 0 Å². The summed E-state index contributed by atoms with van der Waals surface area (Å²) in [6, 6.07) is 0. The van der Waals surface area contributed by atoms with Crippen molar-refractivity contribution in [3.8, 4) is 0 Å². The second-order valence-corrected chi connectivity index (χ2v) is 0. The maximum absolute atomic E-state index is 7.25. The van der Waals surface area contributed by atoms with Crippen molar-refractivity contribution >= 4 is 0 Å². The van der Waals surface area contributed by atoms with Crippen molar-refractivity contribution in [2.75, 3.05) is 0 Å². The van der Waals surface area contributed by atoms with Gasteiger partial charge in [-0.15, -0.1) is 4.91 Å². The van der Waals surface area contributed by atoms with Crippen molar-refractivity contribution < 1.29 is 36.5 Å². The summed E-state index contributed by atoms with van der Waals surface area (Å²) in [5, 5.41) is 31.2. The van der Waals surface area contributed by atoms with Crippen LogP contribution in [0.1, 0.15) is 0 Å². The molecule has 0 N–H and O–H groups in total. The Bertz CT molecular complexity index is 95.6. The van der Waals surface area contributed by atoms with E-state index < -0.39 is 0 Å². The summed E-state index contributed by atoms with van der Waals surface area (Å²) in [6.45, 7) is 23.8. The number of hydrogen-bond donors (Lipinski definition) is 0. The molecule has 7 nitrogen and oxygen atoms in total. The summed E-state index contributed by atoms with van der Waals surface area (Å²) in [5.41, 5.74) is 5.75. The minimum atomic E-state index is 0. The summed E-state index contributed by atoms with van der Waals surface area (Å²) >= 11 is 0. The summed E-state index contributed by atoms with van der Waals surface area (Å²) < 4.78 is 0. The van der Waals surface area contributed by atoms with E-state index in [1.165, 1.54) is 0 Å². The first-order valence-corrected chi connectivity index (χ1v) is 1.30. The Kier molecular flexibility index (Phi) is 2210. The molecule has 0 unspecified atom stereocenters. The van der Waals surface area contributed by atoms with E-state index in [1.807, 2.05) is 0 Å². The molecule has 0 aromatic heterocycles. The van der Waals surface area contributed by atoms with E-state index in [0.29, 0.717) is 0 Å². The predicted octanol–water partition coefficient (Wildman–Crippen LogP) is 0.0297. The fraction of sp³-hybridized carbons (Fsp3) is 0. The van der Waals surface area contributed by atoms with Crippen LogP contribution in [0.5, 0.6) is 0 Å². The Morgan fingerprint density at radius 1 is 0.500 bits per heavy atom. The predicted molar refractivity (Wildman–Crippen MR) is 30.3 cm³/mol. The van der Waals surface area contributed by atoms with Crippen LogP contribution in [0, 0.1) is 64.1 Å². The van der Waals surface area contributed by atoms with Crippen LogP contribution < -0.4 is 5.59 Å². The Balaban J connectivity index is -0.00000000500. The molecule has 0 saturated carbocycles. The molecule has 0 aromatic rings. The molecule has 0 amide bonds. The van der Waals surface area contributed by atoms with Crippen LogP contribution in [0.25, 0.3) is 0 Å². The van der Waals surface area contributed by atoms with Crippen molar-refractivity contribution in [3.05, 3.63) is 37.8 Å². The second kappa shape index (κ2) is 356. The normalized spacial score (nSPS) is 1.00. The van der Waals surface area contributed by atoms with Gasteiger partial charge < -0.3 is 59.2 Å². The summed E-state index contributed by atoms with van der Waals surface area (Å²) in [6.07, 6.45) is 0. The molecule has 0 saturated heterocycles. The van der Waals surface area contributed by atoms with Gasteiger partial charge >= 0.3 is 36.5 Å². The van der Waals surface area contributed by atoms with Crippen molar-refractivity contribution in [2.24, 2.45) is 0 Å². The van der Waals surface area contributed by atoms with E-state index in [4.69, 9.17) is 69.7 Å². The molecule has 0 bridgehead atoms. The van der Waals surface area contributed by atoms with E-state index in [1.54, 1.807) is 0 Å². The summed E-state index contributed by atoms with van der Waals surface area (Å²) in [7, 11) is 0. The molecule has 0 rings (SSSR count). The van der Waals surface area contributed by atoms with Crippen molar-refractivity contribution in [2.45, 2.75) is 0 Å². The fourth-order valence-corrected chi connectivity index (χ4v) is 0. The van der Waals surface area contributed by atoms with Crippen LogP contribution in [0.4, 0.5) is 0 Å². The molecule has 9 heteroatoms. The van der Waals surface area contributed by atoms with Crippen molar-refractivity contribution in [1.29, 1.82) is 26.3 Å². The average Bonchev–Trinajstić information content (AvgIpc) is 2.33. The van der Waals surface area contributed by atoms with Gasteiger partial charge in [-0.1, -0.05) is 0 Å². The first kappa shape index (κ1) is 86.9. The van der Waals surface area contributed by atoms with Crippen LogP contribution >= 0.6 is 0 Å². The van der Waals surface area contributed by atoms with Crippen molar-refractivity contribution in [3.63, 3.8) is 0 Å². The van der Waals surface area contributed by atoms with E-state index in [9.17, 15) is 0 Å². The maximum atomic E-state index is 7.25. The molecule has 0 aromatic carbocycles. The molecule has 0 atom stereocenters.